The van der Waals surface area contributed by atoms with Crippen molar-refractivity contribution in [1.29, 1.82) is 0 Å². The Kier molecular flexibility index (Phi) is 5.82. The van der Waals surface area contributed by atoms with Crippen LogP contribution in [0.5, 0.6) is 5.75 Å². The summed E-state index contributed by atoms with van der Waals surface area (Å²) in [7, 11) is 0. The first-order chi connectivity index (χ1) is 7.75. The van der Waals surface area contributed by atoms with Crippen molar-refractivity contribution in [3.63, 3.8) is 0 Å². The van der Waals surface area contributed by atoms with Crippen LogP contribution in [0.2, 0.25) is 0 Å². The molecule has 0 spiro atoms. The van der Waals surface area contributed by atoms with Gasteiger partial charge in [0.25, 0.3) is 0 Å². The molecule has 4 heteroatoms. The molecule has 0 bridgehead atoms. The fourth-order valence-corrected chi connectivity index (χ4v) is 1.50. The highest BCUT2D eigenvalue weighted by Gasteiger charge is 2.04. The minimum Gasteiger partial charge on any atom is -0.408 e. The molecule has 1 aromatic carbocycles. The molecule has 0 saturated heterocycles. The van der Waals surface area contributed by atoms with E-state index in [0.717, 1.165) is 18.5 Å². The van der Waals surface area contributed by atoms with Gasteiger partial charge in [0.05, 0.1) is 5.56 Å². The Morgan fingerprint density at radius 1 is 1.38 bits per heavy atom. The largest absolute Gasteiger partial charge is 0.408 e. The lowest BCUT2D eigenvalue weighted by atomic mass is 10.2. The van der Waals surface area contributed by atoms with Crippen LogP contribution in [-0.4, -0.2) is 11.5 Å². The second-order valence-corrected chi connectivity index (χ2v) is 4.00. The van der Waals surface area contributed by atoms with Gasteiger partial charge in [0, 0.05) is 6.54 Å². The molecule has 88 valence electrons. The lowest BCUT2D eigenvalue weighted by Gasteiger charge is -2.10. The molecule has 0 unspecified atom stereocenters. The molecular weight excluding hydrogens is 220 g/mol. The highest BCUT2D eigenvalue weighted by atomic mass is 32.1. The molecule has 3 nitrogen and oxygen atoms in total. The summed E-state index contributed by atoms with van der Waals surface area (Å²) in [4.78, 5) is 5.78. The van der Waals surface area contributed by atoms with E-state index in [0.29, 0.717) is 10.7 Å². The van der Waals surface area contributed by atoms with E-state index in [4.69, 9.17) is 22.8 Å². The van der Waals surface area contributed by atoms with Gasteiger partial charge in [0.15, 0.2) is 5.75 Å². The summed E-state index contributed by atoms with van der Waals surface area (Å²) in [5.41, 5.74) is 9.27. The highest BCUT2D eigenvalue weighted by Crippen LogP contribution is 2.16. The molecule has 0 heterocycles. The Bertz CT molecular complexity index is 342. The molecule has 16 heavy (non-hydrogen) atoms. The van der Waals surface area contributed by atoms with Crippen LogP contribution in [0.4, 0.5) is 0 Å². The van der Waals surface area contributed by atoms with Gasteiger partial charge < -0.3 is 10.6 Å². The SMILES string of the molecule is CCCCCNOc1ccccc1C(N)=S. The zero-order valence-corrected chi connectivity index (χ0v) is 10.3. The third kappa shape index (κ3) is 4.16. The Labute approximate surface area is 102 Å². The number of hydrogen-bond donors (Lipinski definition) is 2. The van der Waals surface area contributed by atoms with Crippen molar-refractivity contribution >= 4 is 17.2 Å². The minimum absolute atomic E-state index is 0.353. The first kappa shape index (κ1) is 12.9. The number of nitrogens with one attached hydrogen (secondary N) is 1. The van der Waals surface area contributed by atoms with Crippen molar-refractivity contribution in [1.82, 2.24) is 5.48 Å². The zero-order valence-electron chi connectivity index (χ0n) is 9.53. The Hall–Kier alpha value is -1.13. The first-order valence-electron chi connectivity index (χ1n) is 5.54. The van der Waals surface area contributed by atoms with Crippen molar-refractivity contribution in [2.75, 3.05) is 6.54 Å². The summed E-state index contributed by atoms with van der Waals surface area (Å²) in [5, 5.41) is 0. The van der Waals surface area contributed by atoms with Crippen LogP contribution in [0, 0.1) is 0 Å². The van der Waals surface area contributed by atoms with Gasteiger partial charge in [0.1, 0.15) is 4.99 Å². The van der Waals surface area contributed by atoms with Crippen molar-refractivity contribution in [3.05, 3.63) is 29.8 Å². The fourth-order valence-electron chi connectivity index (χ4n) is 1.34. The highest BCUT2D eigenvalue weighted by molar-refractivity contribution is 7.80. The lowest BCUT2D eigenvalue weighted by molar-refractivity contribution is 0.193. The third-order valence-corrected chi connectivity index (χ3v) is 2.44. The fraction of sp³-hybridized carbons (Fsp3) is 0.417. The van der Waals surface area contributed by atoms with Crippen LogP contribution in [0.3, 0.4) is 0 Å². The Morgan fingerprint density at radius 3 is 2.81 bits per heavy atom. The molecular formula is C12H18N2OS. The smallest absolute Gasteiger partial charge is 0.157 e. The normalized spacial score (nSPS) is 10.1. The van der Waals surface area contributed by atoms with E-state index in [2.05, 4.69) is 12.4 Å². The maximum absolute atomic E-state index is 5.59. The average molecular weight is 238 g/mol. The Morgan fingerprint density at radius 2 is 2.12 bits per heavy atom. The monoisotopic (exact) mass is 238 g/mol. The van der Waals surface area contributed by atoms with E-state index in [9.17, 15) is 0 Å². The van der Waals surface area contributed by atoms with Crippen molar-refractivity contribution in [2.45, 2.75) is 26.2 Å². The molecule has 0 radical (unpaired) electrons. The van der Waals surface area contributed by atoms with Crippen LogP contribution < -0.4 is 16.1 Å². The summed E-state index contributed by atoms with van der Waals surface area (Å²) in [6, 6.07) is 7.48. The van der Waals surface area contributed by atoms with Crippen LogP contribution >= 0.6 is 12.2 Å². The molecule has 0 atom stereocenters. The standard InChI is InChI=1S/C12H18N2OS/c1-2-3-6-9-14-15-11-8-5-4-7-10(11)12(13)16/h4-5,7-8,14H,2-3,6,9H2,1H3,(H2,13,16). The third-order valence-electron chi connectivity index (χ3n) is 2.22. The van der Waals surface area contributed by atoms with E-state index >= 15 is 0 Å². The molecule has 0 amide bonds. The number of para-hydroxylation sites is 1. The van der Waals surface area contributed by atoms with Crippen LogP contribution in [0.15, 0.2) is 24.3 Å². The van der Waals surface area contributed by atoms with Crippen molar-refractivity contribution < 1.29 is 4.84 Å². The summed E-state index contributed by atoms with van der Waals surface area (Å²) in [6.07, 6.45) is 3.50. The molecule has 0 fully saturated rings. The predicted molar refractivity (Wildman–Crippen MR) is 70.5 cm³/mol. The number of thiocarbonyl (C=S) groups is 1. The van der Waals surface area contributed by atoms with Crippen LogP contribution in [-0.2, 0) is 0 Å². The second-order valence-electron chi connectivity index (χ2n) is 3.56. The molecule has 0 aromatic heterocycles. The molecule has 1 rings (SSSR count). The molecule has 0 aliphatic rings. The van der Waals surface area contributed by atoms with Gasteiger partial charge >= 0.3 is 0 Å². The predicted octanol–water partition coefficient (Wildman–Crippen LogP) is 2.39. The summed E-state index contributed by atoms with van der Waals surface area (Å²) < 4.78 is 0. The summed E-state index contributed by atoms with van der Waals surface area (Å²) in [6.45, 7) is 3.00. The maximum Gasteiger partial charge on any atom is 0.157 e. The number of hydrogen-bond acceptors (Lipinski definition) is 3. The van der Waals surface area contributed by atoms with Gasteiger partial charge in [-0.2, -0.15) is 5.48 Å². The van der Waals surface area contributed by atoms with E-state index in [-0.39, 0.29) is 0 Å². The van der Waals surface area contributed by atoms with Gasteiger partial charge in [-0.3, -0.25) is 0 Å². The molecule has 0 saturated carbocycles. The molecule has 0 aliphatic carbocycles. The van der Waals surface area contributed by atoms with Crippen molar-refractivity contribution in [2.24, 2.45) is 5.73 Å². The van der Waals surface area contributed by atoms with E-state index in [1.165, 1.54) is 12.8 Å². The quantitative estimate of drug-likeness (QED) is 0.435. The van der Waals surface area contributed by atoms with Gasteiger partial charge in [-0.1, -0.05) is 44.1 Å². The van der Waals surface area contributed by atoms with E-state index < -0.39 is 0 Å². The summed E-state index contributed by atoms with van der Waals surface area (Å²) in [5.74, 6) is 0.687. The number of nitrogens with two attached hydrogens (primary N) is 1. The lowest BCUT2D eigenvalue weighted by Crippen LogP contribution is -2.22. The number of rotatable bonds is 7. The molecule has 1 aromatic rings. The van der Waals surface area contributed by atoms with E-state index in [1.54, 1.807) is 0 Å². The van der Waals surface area contributed by atoms with Gasteiger partial charge in [-0.05, 0) is 18.6 Å². The van der Waals surface area contributed by atoms with Gasteiger partial charge in [-0.15, -0.1) is 0 Å². The second kappa shape index (κ2) is 7.19. The first-order valence-corrected chi connectivity index (χ1v) is 5.95. The number of benzene rings is 1. The molecule has 3 N–H and O–H groups in total. The van der Waals surface area contributed by atoms with Gasteiger partial charge in [0.2, 0.25) is 0 Å². The Balaban J connectivity index is 2.44. The maximum atomic E-state index is 5.59. The number of unbranched alkanes of at least 4 members (excludes halogenated alkanes) is 2. The average Bonchev–Trinajstić information content (AvgIpc) is 2.29. The number of hydroxylamine groups is 1. The van der Waals surface area contributed by atoms with Crippen LogP contribution in [0.25, 0.3) is 0 Å². The topological polar surface area (TPSA) is 47.3 Å². The zero-order chi connectivity index (χ0) is 11.8. The molecule has 0 aliphatic heterocycles. The minimum atomic E-state index is 0.353. The van der Waals surface area contributed by atoms with E-state index in [1.807, 2.05) is 24.3 Å². The summed E-state index contributed by atoms with van der Waals surface area (Å²) >= 11 is 4.94. The van der Waals surface area contributed by atoms with Crippen molar-refractivity contribution in [3.8, 4) is 5.75 Å². The van der Waals surface area contributed by atoms with Gasteiger partial charge in [-0.25, -0.2) is 0 Å². The van der Waals surface area contributed by atoms with Crippen LogP contribution in [0.1, 0.15) is 31.7 Å².